The van der Waals surface area contributed by atoms with Gasteiger partial charge < -0.3 is 10.1 Å². The number of anilines is 1. The number of ketones is 1. The summed E-state index contributed by atoms with van der Waals surface area (Å²) in [5.41, 5.74) is 2.21. The Labute approximate surface area is 179 Å². The van der Waals surface area contributed by atoms with Crippen molar-refractivity contribution in [2.24, 2.45) is 0 Å². The van der Waals surface area contributed by atoms with E-state index in [0.29, 0.717) is 16.3 Å². The fourth-order valence-electron chi connectivity index (χ4n) is 2.84. The third-order valence-corrected chi connectivity index (χ3v) is 4.81. The highest BCUT2D eigenvalue weighted by atomic mass is 35.5. The monoisotopic (exact) mass is 421 g/mol. The second-order valence-corrected chi connectivity index (χ2v) is 7.17. The van der Waals surface area contributed by atoms with Crippen LogP contribution in [-0.4, -0.2) is 23.8 Å². The molecule has 30 heavy (non-hydrogen) atoms. The number of esters is 1. The van der Waals surface area contributed by atoms with Crippen LogP contribution in [0.25, 0.3) is 0 Å². The molecule has 0 fully saturated rings. The highest BCUT2D eigenvalue weighted by molar-refractivity contribution is 6.30. The van der Waals surface area contributed by atoms with E-state index in [2.05, 4.69) is 5.32 Å². The SMILES string of the molecule is Cc1ccccc1NC(=O)C(C)OC(=O)c1ccccc1C(=O)c1ccc(Cl)cc1. The lowest BCUT2D eigenvalue weighted by atomic mass is 9.98. The zero-order valence-corrected chi connectivity index (χ0v) is 17.3. The number of aryl methyl sites for hydroxylation is 1. The molecule has 0 aliphatic carbocycles. The maximum absolute atomic E-state index is 12.9. The van der Waals surface area contributed by atoms with Crippen LogP contribution in [0, 0.1) is 6.92 Å². The third-order valence-electron chi connectivity index (χ3n) is 4.55. The molecule has 0 aromatic heterocycles. The number of halogens is 1. The van der Waals surface area contributed by atoms with Gasteiger partial charge in [0.1, 0.15) is 0 Å². The van der Waals surface area contributed by atoms with Gasteiger partial charge in [-0.05, 0) is 55.8 Å². The van der Waals surface area contributed by atoms with Crippen molar-refractivity contribution in [2.45, 2.75) is 20.0 Å². The van der Waals surface area contributed by atoms with Crippen LogP contribution in [0.3, 0.4) is 0 Å². The van der Waals surface area contributed by atoms with Gasteiger partial charge in [-0.2, -0.15) is 0 Å². The molecular weight excluding hydrogens is 402 g/mol. The Hall–Kier alpha value is -3.44. The highest BCUT2D eigenvalue weighted by Crippen LogP contribution is 2.19. The lowest BCUT2D eigenvalue weighted by molar-refractivity contribution is -0.123. The Kier molecular flexibility index (Phi) is 6.65. The Balaban J connectivity index is 1.75. The lowest BCUT2D eigenvalue weighted by Crippen LogP contribution is -2.30. The molecule has 5 nitrogen and oxygen atoms in total. The van der Waals surface area contributed by atoms with Gasteiger partial charge in [0.05, 0.1) is 5.56 Å². The van der Waals surface area contributed by atoms with Crippen molar-refractivity contribution in [3.8, 4) is 0 Å². The Morgan fingerprint density at radius 2 is 1.47 bits per heavy atom. The van der Waals surface area contributed by atoms with E-state index in [0.717, 1.165) is 5.56 Å². The molecule has 3 aromatic carbocycles. The summed E-state index contributed by atoms with van der Waals surface area (Å²) in [6.07, 6.45) is -1.05. The molecule has 0 saturated heterocycles. The van der Waals surface area contributed by atoms with Gasteiger partial charge in [-0.1, -0.05) is 48.0 Å². The molecule has 1 amide bonds. The molecule has 3 aromatic rings. The molecule has 6 heteroatoms. The number of carbonyl (C=O) groups excluding carboxylic acids is 3. The highest BCUT2D eigenvalue weighted by Gasteiger charge is 2.23. The first-order chi connectivity index (χ1) is 14.4. The molecule has 152 valence electrons. The number of benzene rings is 3. The van der Waals surface area contributed by atoms with Gasteiger partial charge in [0, 0.05) is 21.8 Å². The number of para-hydroxylation sites is 1. The molecule has 0 radical (unpaired) electrons. The van der Waals surface area contributed by atoms with Gasteiger partial charge in [0.25, 0.3) is 5.91 Å². The average Bonchev–Trinajstić information content (AvgIpc) is 2.75. The summed E-state index contributed by atoms with van der Waals surface area (Å²) in [5, 5.41) is 3.25. The van der Waals surface area contributed by atoms with Crippen molar-refractivity contribution in [1.29, 1.82) is 0 Å². The van der Waals surface area contributed by atoms with Gasteiger partial charge in [0.15, 0.2) is 11.9 Å². The maximum Gasteiger partial charge on any atom is 0.339 e. The standard InChI is InChI=1S/C24H20ClNO4/c1-15-7-3-6-10-21(15)26-23(28)16(2)30-24(29)20-9-5-4-8-19(20)22(27)17-11-13-18(25)14-12-17/h3-14,16H,1-2H3,(H,26,28). The number of ether oxygens (including phenoxy) is 1. The summed E-state index contributed by atoms with van der Waals surface area (Å²) in [6.45, 7) is 3.35. The van der Waals surface area contributed by atoms with E-state index < -0.39 is 18.0 Å². The Bertz CT molecular complexity index is 1090. The Morgan fingerprint density at radius 3 is 2.13 bits per heavy atom. The summed E-state index contributed by atoms with van der Waals surface area (Å²) in [5.74, 6) is -1.55. The number of nitrogens with one attached hydrogen (secondary N) is 1. The second-order valence-electron chi connectivity index (χ2n) is 6.73. The minimum atomic E-state index is -1.05. The molecule has 0 spiro atoms. The van der Waals surface area contributed by atoms with Crippen LogP contribution < -0.4 is 5.32 Å². The first kappa shape index (κ1) is 21.3. The predicted molar refractivity (Wildman–Crippen MR) is 116 cm³/mol. The quantitative estimate of drug-likeness (QED) is 0.446. The normalized spacial score (nSPS) is 11.4. The molecular formula is C24H20ClNO4. The molecule has 0 bridgehead atoms. The first-order valence-corrected chi connectivity index (χ1v) is 9.71. The van der Waals surface area contributed by atoms with Crippen molar-refractivity contribution < 1.29 is 19.1 Å². The largest absolute Gasteiger partial charge is 0.449 e. The maximum atomic E-state index is 12.9. The van der Waals surface area contributed by atoms with E-state index in [4.69, 9.17) is 16.3 Å². The summed E-state index contributed by atoms with van der Waals surface area (Å²) in [7, 11) is 0. The zero-order chi connectivity index (χ0) is 21.7. The van der Waals surface area contributed by atoms with E-state index >= 15 is 0 Å². The summed E-state index contributed by atoms with van der Waals surface area (Å²) >= 11 is 5.88. The number of hydrogen-bond acceptors (Lipinski definition) is 4. The second kappa shape index (κ2) is 9.37. The lowest BCUT2D eigenvalue weighted by Gasteiger charge is -2.15. The van der Waals surface area contributed by atoms with Gasteiger partial charge >= 0.3 is 5.97 Å². The zero-order valence-electron chi connectivity index (χ0n) is 16.5. The first-order valence-electron chi connectivity index (χ1n) is 9.33. The minimum Gasteiger partial charge on any atom is -0.449 e. The molecule has 1 unspecified atom stereocenters. The fraction of sp³-hybridized carbons (Fsp3) is 0.125. The van der Waals surface area contributed by atoms with E-state index in [1.807, 2.05) is 19.1 Å². The summed E-state index contributed by atoms with van der Waals surface area (Å²) < 4.78 is 5.33. The summed E-state index contributed by atoms with van der Waals surface area (Å²) in [4.78, 5) is 38.0. The van der Waals surface area contributed by atoms with Gasteiger partial charge in [-0.3, -0.25) is 9.59 Å². The van der Waals surface area contributed by atoms with Crippen molar-refractivity contribution >= 4 is 34.9 Å². The molecule has 3 rings (SSSR count). The van der Waals surface area contributed by atoms with Crippen LogP contribution in [0.1, 0.15) is 38.8 Å². The molecule has 0 aliphatic rings. The van der Waals surface area contributed by atoms with Crippen LogP contribution in [0.15, 0.2) is 72.8 Å². The van der Waals surface area contributed by atoms with E-state index in [1.54, 1.807) is 54.6 Å². The number of hydrogen-bond donors (Lipinski definition) is 1. The van der Waals surface area contributed by atoms with Crippen LogP contribution in [0.4, 0.5) is 5.69 Å². The average molecular weight is 422 g/mol. The topological polar surface area (TPSA) is 72.5 Å². The van der Waals surface area contributed by atoms with Gasteiger partial charge in [0.2, 0.25) is 0 Å². The van der Waals surface area contributed by atoms with E-state index in [1.165, 1.54) is 13.0 Å². The molecule has 0 saturated carbocycles. The minimum absolute atomic E-state index is 0.0907. The molecule has 1 N–H and O–H groups in total. The van der Waals surface area contributed by atoms with E-state index in [9.17, 15) is 14.4 Å². The van der Waals surface area contributed by atoms with Gasteiger partial charge in [-0.25, -0.2) is 4.79 Å². The van der Waals surface area contributed by atoms with Crippen LogP contribution in [0.2, 0.25) is 5.02 Å². The van der Waals surface area contributed by atoms with Crippen LogP contribution in [0.5, 0.6) is 0 Å². The smallest absolute Gasteiger partial charge is 0.339 e. The van der Waals surface area contributed by atoms with E-state index in [-0.39, 0.29) is 16.9 Å². The number of rotatable bonds is 6. The van der Waals surface area contributed by atoms with Crippen molar-refractivity contribution in [1.82, 2.24) is 0 Å². The van der Waals surface area contributed by atoms with Crippen LogP contribution >= 0.6 is 11.6 Å². The van der Waals surface area contributed by atoms with Crippen molar-refractivity contribution in [3.05, 3.63) is 100 Å². The fourth-order valence-corrected chi connectivity index (χ4v) is 2.97. The van der Waals surface area contributed by atoms with Gasteiger partial charge in [-0.15, -0.1) is 0 Å². The molecule has 0 heterocycles. The number of carbonyl (C=O) groups is 3. The third kappa shape index (κ3) is 4.93. The molecule has 1 atom stereocenters. The predicted octanol–water partition coefficient (Wildman–Crippen LogP) is 5.06. The number of amides is 1. The van der Waals surface area contributed by atoms with Crippen LogP contribution in [-0.2, 0) is 9.53 Å². The summed E-state index contributed by atoms with van der Waals surface area (Å²) in [6, 6.07) is 20.0. The molecule has 0 aliphatic heterocycles. The van der Waals surface area contributed by atoms with Crippen molar-refractivity contribution in [2.75, 3.05) is 5.32 Å². The van der Waals surface area contributed by atoms with Crippen molar-refractivity contribution in [3.63, 3.8) is 0 Å². The Morgan fingerprint density at radius 1 is 0.867 bits per heavy atom.